The van der Waals surface area contributed by atoms with Gasteiger partial charge in [0, 0.05) is 31.3 Å². The second-order valence-electron chi connectivity index (χ2n) is 8.00. The molecule has 1 aromatic carbocycles. The number of anilines is 2. The van der Waals surface area contributed by atoms with E-state index in [4.69, 9.17) is 5.73 Å². The van der Waals surface area contributed by atoms with E-state index in [1.54, 1.807) is 6.07 Å². The van der Waals surface area contributed by atoms with Gasteiger partial charge in [-0.25, -0.2) is 0 Å². The lowest BCUT2D eigenvalue weighted by atomic mass is 9.88. The van der Waals surface area contributed by atoms with Gasteiger partial charge < -0.3 is 21.7 Å². The van der Waals surface area contributed by atoms with Gasteiger partial charge in [0.25, 0.3) is 0 Å². The Balaban J connectivity index is 2.69. The first-order valence-corrected chi connectivity index (χ1v) is 10.3. The highest BCUT2D eigenvalue weighted by Crippen LogP contribution is 2.28. The maximum Gasteiger partial charge on any atom is 0.220 e. The molecule has 162 valence electrons. The summed E-state index contributed by atoms with van der Waals surface area (Å²) >= 11 is 0. The smallest absolute Gasteiger partial charge is 0.220 e. The van der Waals surface area contributed by atoms with Crippen LogP contribution in [0.2, 0.25) is 0 Å². The molecule has 5 N–H and O–H groups in total. The molecule has 0 heterocycles. The van der Waals surface area contributed by atoms with Gasteiger partial charge in [-0.1, -0.05) is 40.7 Å². The average Bonchev–Trinajstić information content (AvgIpc) is 2.66. The van der Waals surface area contributed by atoms with Gasteiger partial charge in [-0.15, -0.1) is 0 Å². The van der Waals surface area contributed by atoms with Crippen LogP contribution in [-0.2, 0) is 14.4 Å². The number of nitrogen functional groups attached to an aromatic ring is 1. The second kappa shape index (κ2) is 12.2. The highest BCUT2D eigenvalue weighted by molar-refractivity contribution is 5.85. The predicted octanol–water partition coefficient (Wildman–Crippen LogP) is 2.82. The highest BCUT2D eigenvalue weighted by atomic mass is 16.2. The molecule has 2 amide bonds. The van der Waals surface area contributed by atoms with E-state index in [0.29, 0.717) is 43.6 Å². The Morgan fingerprint density at radius 1 is 1.17 bits per heavy atom. The fourth-order valence-electron chi connectivity index (χ4n) is 3.32. The molecular formula is C22H36N4O3. The predicted molar refractivity (Wildman–Crippen MR) is 118 cm³/mol. The third kappa shape index (κ3) is 8.23. The van der Waals surface area contributed by atoms with Crippen LogP contribution in [0.4, 0.5) is 11.4 Å². The first kappa shape index (κ1) is 24.6. The zero-order valence-corrected chi connectivity index (χ0v) is 18.2. The summed E-state index contributed by atoms with van der Waals surface area (Å²) in [4.78, 5) is 35.1. The van der Waals surface area contributed by atoms with E-state index >= 15 is 0 Å². The van der Waals surface area contributed by atoms with Gasteiger partial charge in [0.05, 0.1) is 17.4 Å². The summed E-state index contributed by atoms with van der Waals surface area (Å²) in [5.74, 6) is 0.443. The normalized spacial score (nSPS) is 13.2. The van der Waals surface area contributed by atoms with Crippen molar-refractivity contribution in [2.45, 2.75) is 71.9 Å². The molecule has 2 atom stereocenters. The number of nitrogens with one attached hydrogen (secondary N) is 3. The molecular weight excluding hydrogens is 368 g/mol. The zero-order valence-electron chi connectivity index (χ0n) is 18.2. The van der Waals surface area contributed by atoms with Crippen LogP contribution in [0.3, 0.4) is 0 Å². The monoisotopic (exact) mass is 404 g/mol. The first-order valence-electron chi connectivity index (χ1n) is 10.3. The maximum atomic E-state index is 12.4. The minimum absolute atomic E-state index is 0.0673. The van der Waals surface area contributed by atoms with Crippen LogP contribution in [0.1, 0.15) is 65.4 Å². The molecule has 0 saturated carbocycles. The van der Waals surface area contributed by atoms with Crippen LogP contribution in [0, 0.1) is 5.92 Å². The topological polar surface area (TPSA) is 113 Å². The van der Waals surface area contributed by atoms with Gasteiger partial charge >= 0.3 is 0 Å². The molecule has 0 saturated heterocycles. The van der Waals surface area contributed by atoms with Crippen LogP contribution in [0.25, 0.3) is 0 Å². The van der Waals surface area contributed by atoms with Crippen LogP contribution >= 0.6 is 0 Å². The van der Waals surface area contributed by atoms with Gasteiger partial charge in [-0.3, -0.25) is 14.4 Å². The molecule has 0 bridgehead atoms. The van der Waals surface area contributed by atoms with E-state index in [9.17, 15) is 14.4 Å². The van der Waals surface area contributed by atoms with E-state index in [2.05, 4.69) is 29.8 Å². The van der Waals surface area contributed by atoms with Crippen molar-refractivity contribution in [3.05, 3.63) is 23.8 Å². The fraction of sp³-hybridized carbons (Fsp3) is 0.591. The van der Waals surface area contributed by atoms with E-state index < -0.39 is 0 Å². The van der Waals surface area contributed by atoms with E-state index in [1.807, 2.05) is 32.9 Å². The summed E-state index contributed by atoms with van der Waals surface area (Å²) in [7, 11) is 0. The summed E-state index contributed by atoms with van der Waals surface area (Å²) in [5.41, 5.74) is 8.09. The van der Waals surface area contributed by atoms with Gasteiger partial charge in [0.15, 0.2) is 0 Å². The van der Waals surface area contributed by atoms with Crippen molar-refractivity contribution < 1.29 is 14.4 Å². The number of rotatable bonds is 13. The van der Waals surface area contributed by atoms with Crippen molar-refractivity contribution in [1.29, 1.82) is 0 Å². The average molecular weight is 405 g/mol. The third-order valence-corrected chi connectivity index (χ3v) is 4.97. The van der Waals surface area contributed by atoms with Gasteiger partial charge in [0.1, 0.15) is 5.78 Å². The number of benzene rings is 1. The summed E-state index contributed by atoms with van der Waals surface area (Å²) in [6.07, 6.45) is 1.83. The zero-order chi connectivity index (χ0) is 22.0. The fourth-order valence-corrected chi connectivity index (χ4v) is 3.32. The first-order chi connectivity index (χ1) is 13.7. The number of hydrogen-bond acceptors (Lipinski definition) is 5. The molecule has 0 aliphatic carbocycles. The molecule has 0 fully saturated rings. The number of Topliss-reactive ketones (excluding diaryl/α,β-unsaturated/α-hetero) is 1. The van der Waals surface area contributed by atoms with Crippen LogP contribution in [0.15, 0.2) is 18.2 Å². The van der Waals surface area contributed by atoms with Crippen molar-refractivity contribution in [3.8, 4) is 0 Å². The lowest BCUT2D eigenvalue weighted by Crippen LogP contribution is -2.41. The molecule has 0 aromatic heterocycles. The summed E-state index contributed by atoms with van der Waals surface area (Å²) in [6, 6.07) is 5.43. The Labute approximate surface area is 174 Å². The summed E-state index contributed by atoms with van der Waals surface area (Å²) in [6.45, 7) is 10.5. The molecule has 2 unspecified atom stereocenters. The number of amides is 2. The molecule has 1 aromatic rings. The van der Waals surface area contributed by atoms with Gasteiger partial charge in [-0.2, -0.15) is 0 Å². The lowest BCUT2D eigenvalue weighted by Gasteiger charge is -2.23. The molecule has 0 aliphatic rings. The molecule has 1 rings (SSSR count). The second-order valence-corrected chi connectivity index (χ2v) is 8.00. The standard InChI is InChI=1S/C22H36N4O3/c1-6-21(28)20(26-15(4)5)9-10-22(29)24-12-17(14(2)3)16-7-8-19(25-13-27)18(23)11-16/h7-8,11,13-15,17,20,26H,6,9-10,12,23H2,1-5H3,(H,24,29)(H,25,27). The Morgan fingerprint density at radius 3 is 2.38 bits per heavy atom. The van der Waals surface area contributed by atoms with Gasteiger partial charge in [-0.05, 0) is 30.0 Å². The Kier molecular flexibility index (Phi) is 10.4. The van der Waals surface area contributed by atoms with E-state index in [1.165, 1.54) is 0 Å². The van der Waals surface area contributed by atoms with E-state index in [0.717, 1.165) is 5.56 Å². The quantitative estimate of drug-likeness (QED) is 0.298. The SMILES string of the molecule is CCC(=O)C(CCC(=O)NCC(c1ccc(NC=O)c(N)c1)C(C)C)NC(C)C. The molecule has 0 spiro atoms. The molecule has 29 heavy (non-hydrogen) atoms. The van der Waals surface area contributed by atoms with Crippen molar-refractivity contribution in [1.82, 2.24) is 10.6 Å². The largest absolute Gasteiger partial charge is 0.397 e. The van der Waals surface area contributed by atoms with Crippen molar-refractivity contribution in [3.63, 3.8) is 0 Å². The molecule has 7 heteroatoms. The molecule has 0 aliphatic heterocycles. The van der Waals surface area contributed by atoms with Gasteiger partial charge in [0.2, 0.25) is 12.3 Å². The molecule has 0 radical (unpaired) electrons. The van der Waals surface area contributed by atoms with E-state index in [-0.39, 0.29) is 35.6 Å². The van der Waals surface area contributed by atoms with Crippen molar-refractivity contribution >= 4 is 29.5 Å². The summed E-state index contributed by atoms with van der Waals surface area (Å²) in [5, 5.41) is 8.81. The molecule has 7 nitrogen and oxygen atoms in total. The number of nitrogens with two attached hydrogens (primary N) is 1. The number of carbonyl (C=O) groups is 3. The Morgan fingerprint density at radius 2 is 1.86 bits per heavy atom. The Bertz CT molecular complexity index is 689. The number of carbonyl (C=O) groups excluding carboxylic acids is 3. The van der Waals surface area contributed by atoms with Crippen LogP contribution in [0.5, 0.6) is 0 Å². The lowest BCUT2D eigenvalue weighted by molar-refractivity contribution is -0.123. The van der Waals surface area contributed by atoms with Crippen LogP contribution in [-0.4, -0.2) is 36.7 Å². The maximum absolute atomic E-state index is 12.4. The number of ketones is 1. The van der Waals surface area contributed by atoms with Crippen molar-refractivity contribution in [2.24, 2.45) is 5.92 Å². The minimum Gasteiger partial charge on any atom is -0.397 e. The number of hydrogen-bond donors (Lipinski definition) is 4. The summed E-state index contributed by atoms with van der Waals surface area (Å²) < 4.78 is 0. The van der Waals surface area contributed by atoms with Crippen molar-refractivity contribution in [2.75, 3.05) is 17.6 Å². The minimum atomic E-state index is -0.288. The highest BCUT2D eigenvalue weighted by Gasteiger charge is 2.21. The third-order valence-electron chi connectivity index (χ3n) is 4.97. The Hall–Kier alpha value is -2.41. The van der Waals surface area contributed by atoms with Crippen LogP contribution < -0.4 is 21.7 Å².